The SMILES string of the molecule is Cc1cccc(C2=CC(O)CC2(C)C)c1. The Kier molecular flexibility index (Phi) is 2.43. The van der Waals surface area contributed by atoms with Crippen LogP contribution < -0.4 is 0 Å². The first-order valence-electron chi connectivity index (χ1n) is 5.46. The van der Waals surface area contributed by atoms with E-state index >= 15 is 0 Å². The number of hydrogen-bond acceptors (Lipinski definition) is 1. The molecule has 1 aliphatic carbocycles. The van der Waals surface area contributed by atoms with Gasteiger partial charge in [-0.3, -0.25) is 0 Å². The van der Waals surface area contributed by atoms with Gasteiger partial charge in [-0.1, -0.05) is 49.8 Å². The van der Waals surface area contributed by atoms with E-state index in [-0.39, 0.29) is 11.5 Å². The summed E-state index contributed by atoms with van der Waals surface area (Å²) in [6.45, 7) is 6.48. The van der Waals surface area contributed by atoms with Crippen molar-refractivity contribution in [1.29, 1.82) is 0 Å². The number of aliphatic hydroxyl groups excluding tert-OH is 1. The molecule has 0 radical (unpaired) electrons. The second kappa shape index (κ2) is 3.49. The summed E-state index contributed by atoms with van der Waals surface area (Å²) in [6.07, 6.45) is 2.54. The molecule has 0 saturated carbocycles. The summed E-state index contributed by atoms with van der Waals surface area (Å²) in [5.74, 6) is 0. The van der Waals surface area contributed by atoms with Gasteiger partial charge in [0.15, 0.2) is 0 Å². The van der Waals surface area contributed by atoms with Crippen molar-refractivity contribution in [1.82, 2.24) is 0 Å². The molecule has 1 aliphatic rings. The summed E-state index contributed by atoms with van der Waals surface area (Å²) < 4.78 is 0. The van der Waals surface area contributed by atoms with Gasteiger partial charge in [-0.25, -0.2) is 0 Å². The van der Waals surface area contributed by atoms with E-state index in [1.165, 1.54) is 16.7 Å². The van der Waals surface area contributed by atoms with Gasteiger partial charge in [0.05, 0.1) is 6.10 Å². The maximum atomic E-state index is 9.69. The maximum absolute atomic E-state index is 9.69. The fourth-order valence-electron chi connectivity index (χ4n) is 2.41. The summed E-state index contributed by atoms with van der Waals surface area (Å²) >= 11 is 0. The summed E-state index contributed by atoms with van der Waals surface area (Å²) in [7, 11) is 0. The van der Waals surface area contributed by atoms with Crippen molar-refractivity contribution in [3.63, 3.8) is 0 Å². The highest BCUT2D eigenvalue weighted by atomic mass is 16.3. The predicted octanol–water partition coefficient (Wildman–Crippen LogP) is 3.17. The molecule has 0 spiro atoms. The number of benzene rings is 1. The van der Waals surface area contributed by atoms with Crippen LogP contribution in [0.5, 0.6) is 0 Å². The molecule has 0 bridgehead atoms. The molecule has 15 heavy (non-hydrogen) atoms. The Morgan fingerprint density at radius 1 is 1.33 bits per heavy atom. The number of rotatable bonds is 1. The van der Waals surface area contributed by atoms with Crippen molar-refractivity contribution in [2.75, 3.05) is 0 Å². The molecular formula is C14H18O. The zero-order valence-corrected chi connectivity index (χ0v) is 9.62. The molecule has 80 valence electrons. The van der Waals surface area contributed by atoms with Crippen molar-refractivity contribution in [2.45, 2.75) is 33.3 Å². The first-order chi connectivity index (χ1) is 6.99. The average molecular weight is 202 g/mol. The van der Waals surface area contributed by atoms with Gasteiger partial charge in [0.2, 0.25) is 0 Å². The summed E-state index contributed by atoms with van der Waals surface area (Å²) in [5.41, 5.74) is 3.88. The van der Waals surface area contributed by atoms with Crippen LogP contribution in [-0.2, 0) is 0 Å². The van der Waals surface area contributed by atoms with Gasteiger partial charge in [0.1, 0.15) is 0 Å². The number of allylic oxidation sites excluding steroid dienone is 1. The predicted molar refractivity (Wildman–Crippen MR) is 63.6 cm³/mol. The second-order valence-electron chi connectivity index (χ2n) is 5.11. The lowest BCUT2D eigenvalue weighted by Gasteiger charge is -2.23. The van der Waals surface area contributed by atoms with Gasteiger partial charge in [-0.2, -0.15) is 0 Å². The lowest BCUT2D eigenvalue weighted by Crippen LogP contribution is -2.12. The van der Waals surface area contributed by atoms with Crippen LogP contribution in [0.3, 0.4) is 0 Å². The third-order valence-electron chi connectivity index (χ3n) is 3.14. The number of aryl methyl sites for hydroxylation is 1. The van der Waals surface area contributed by atoms with Crippen molar-refractivity contribution in [3.05, 3.63) is 41.5 Å². The van der Waals surface area contributed by atoms with Crippen LogP contribution >= 0.6 is 0 Å². The Balaban J connectivity index is 2.43. The van der Waals surface area contributed by atoms with E-state index in [1.807, 2.05) is 6.08 Å². The van der Waals surface area contributed by atoms with Gasteiger partial charge < -0.3 is 5.11 Å². The fourth-order valence-corrected chi connectivity index (χ4v) is 2.41. The highest BCUT2D eigenvalue weighted by molar-refractivity contribution is 5.72. The van der Waals surface area contributed by atoms with Crippen LogP contribution in [0.1, 0.15) is 31.4 Å². The molecule has 1 unspecified atom stereocenters. The molecule has 1 N–H and O–H groups in total. The molecule has 1 aromatic carbocycles. The first-order valence-corrected chi connectivity index (χ1v) is 5.46. The smallest absolute Gasteiger partial charge is 0.0735 e. The van der Waals surface area contributed by atoms with Crippen LogP contribution in [0.2, 0.25) is 0 Å². The molecule has 0 heterocycles. The summed E-state index contributed by atoms with van der Waals surface area (Å²) in [6, 6.07) is 8.49. The molecule has 2 rings (SSSR count). The van der Waals surface area contributed by atoms with E-state index in [0.29, 0.717) is 0 Å². The number of hydrogen-bond donors (Lipinski definition) is 1. The van der Waals surface area contributed by atoms with E-state index < -0.39 is 0 Å². The third-order valence-corrected chi connectivity index (χ3v) is 3.14. The highest BCUT2D eigenvalue weighted by Crippen LogP contribution is 2.44. The van der Waals surface area contributed by atoms with Crippen molar-refractivity contribution in [3.8, 4) is 0 Å². The zero-order chi connectivity index (χ0) is 11.1. The van der Waals surface area contributed by atoms with E-state index in [9.17, 15) is 5.11 Å². The summed E-state index contributed by atoms with van der Waals surface area (Å²) in [4.78, 5) is 0. The molecule has 0 aromatic heterocycles. The third kappa shape index (κ3) is 1.98. The minimum Gasteiger partial charge on any atom is -0.389 e. The summed E-state index contributed by atoms with van der Waals surface area (Å²) in [5, 5.41) is 9.69. The Labute approximate surface area is 91.4 Å². The monoisotopic (exact) mass is 202 g/mol. The molecule has 0 aliphatic heterocycles. The van der Waals surface area contributed by atoms with Gasteiger partial charge in [0.25, 0.3) is 0 Å². The van der Waals surface area contributed by atoms with Crippen LogP contribution in [0.25, 0.3) is 5.57 Å². The first kappa shape index (κ1) is 10.4. The second-order valence-corrected chi connectivity index (χ2v) is 5.11. The van der Waals surface area contributed by atoms with Crippen molar-refractivity contribution < 1.29 is 5.11 Å². The van der Waals surface area contributed by atoms with Crippen LogP contribution in [0, 0.1) is 12.3 Å². The molecule has 0 saturated heterocycles. The molecule has 0 amide bonds. The Morgan fingerprint density at radius 2 is 2.07 bits per heavy atom. The average Bonchev–Trinajstić information content (AvgIpc) is 2.39. The molecule has 1 aromatic rings. The zero-order valence-electron chi connectivity index (χ0n) is 9.62. The van der Waals surface area contributed by atoms with Crippen molar-refractivity contribution >= 4 is 5.57 Å². The minimum absolute atomic E-state index is 0.0905. The Hall–Kier alpha value is -1.08. The minimum atomic E-state index is -0.282. The van der Waals surface area contributed by atoms with Crippen LogP contribution in [-0.4, -0.2) is 11.2 Å². The van der Waals surface area contributed by atoms with Gasteiger partial charge >= 0.3 is 0 Å². The number of aliphatic hydroxyl groups is 1. The lowest BCUT2D eigenvalue weighted by atomic mass is 9.82. The maximum Gasteiger partial charge on any atom is 0.0735 e. The van der Waals surface area contributed by atoms with E-state index in [2.05, 4.69) is 45.0 Å². The standard InChI is InChI=1S/C14H18O/c1-10-5-4-6-11(7-10)13-8-12(15)9-14(13,2)3/h4-8,12,15H,9H2,1-3H3. The quantitative estimate of drug-likeness (QED) is 0.741. The lowest BCUT2D eigenvalue weighted by molar-refractivity contribution is 0.193. The topological polar surface area (TPSA) is 20.2 Å². The molecule has 1 nitrogen and oxygen atoms in total. The van der Waals surface area contributed by atoms with Gasteiger partial charge in [-0.05, 0) is 29.9 Å². The van der Waals surface area contributed by atoms with Crippen LogP contribution in [0.15, 0.2) is 30.3 Å². The van der Waals surface area contributed by atoms with E-state index in [1.54, 1.807) is 0 Å². The normalized spacial score (nSPS) is 24.0. The Bertz CT molecular complexity index is 402. The molecular weight excluding hydrogens is 184 g/mol. The van der Waals surface area contributed by atoms with Gasteiger partial charge in [0, 0.05) is 0 Å². The van der Waals surface area contributed by atoms with Crippen molar-refractivity contribution in [2.24, 2.45) is 5.41 Å². The van der Waals surface area contributed by atoms with Crippen LogP contribution in [0.4, 0.5) is 0 Å². The highest BCUT2D eigenvalue weighted by Gasteiger charge is 2.32. The Morgan fingerprint density at radius 3 is 2.60 bits per heavy atom. The molecule has 1 heteroatoms. The largest absolute Gasteiger partial charge is 0.389 e. The van der Waals surface area contributed by atoms with E-state index in [0.717, 1.165) is 6.42 Å². The molecule has 0 fully saturated rings. The fraction of sp³-hybridized carbons (Fsp3) is 0.429. The van der Waals surface area contributed by atoms with E-state index in [4.69, 9.17) is 0 Å². The molecule has 1 atom stereocenters. The van der Waals surface area contributed by atoms with Gasteiger partial charge in [-0.15, -0.1) is 0 Å².